The molecule has 0 radical (unpaired) electrons. The first-order valence-corrected chi connectivity index (χ1v) is 12.4. The molecule has 4 heterocycles. The van der Waals surface area contributed by atoms with E-state index in [0.717, 1.165) is 29.7 Å². The molecule has 37 heavy (non-hydrogen) atoms. The van der Waals surface area contributed by atoms with Crippen molar-refractivity contribution in [3.63, 3.8) is 0 Å². The van der Waals surface area contributed by atoms with E-state index in [2.05, 4.69) is 28.6 Å². The molecule has 4 aromatic rings. The lowest BCUT2D eigenvalue weighted by atomic mass is 9.89. The van der Waals surface area contributed by atoms with Crippen LogP contribution in [0.25, 0.3) is 34.2 Å². The number of nitrogens with zero attached hydrogens (tertiary/aromatic N) is 4. The van der Waals surface area contributed by atoms with Crippen LogP contribution in [0.1, 0.15) is 31.9 Å². The predicted molar refractivity (Wildman–Crippen MR) is 139 cm³/mol. The van der Waals surface area contributed by atoms with Crippen LogP contribution in [-0.4, -0.2) is 47.1 Å². The lowest BCUT2D eigenvalue weighted by molar-refractivity contribution is 0.170. The zero-order chi connectivity index (χ0) is 25.9. The molecule has 0 amide bonds. The Morgan fingerprint density at radius 3 is 2.65 bits per heavy atom. The number of pyridine rings is 2. The van der Waals surface area contributed by atoms with E-state index < -0.39 is 0 Å². The molecule has 0 aliphatic carbocycles. The SMILES string of the molecule is COCCCOc1cc2c(nc1OC)-c1cc(=O)c(-c3nc(-c4ccccc4)no3)cn1[C@H](C(C)C)C2. The second-order valence-corrected chi connectivity index (χ2v) is 9.35. The summed E-state index contributed by atoms with van der Waals surface area (Å²) in [5.41, 5.74) is 3.40. The molecule has 9 nitrogen and oxygen atoms in total. The van der Waals surface area contributed by atoms with E-state index >= 15 is 0 Å². The standard InChI is InChI=1S/C28H30N4O5/c1-17(2)21-13-19-14-24(36-12-8-11-34-3)28(35-4)29-25(19)22-15-23(33)20(16-32(21)22)27-30-26(31-37-27)18-9-6-5-7-10-18/h5-7,9-10,14-17,21H,8,11-13H2,1-4H3/t21-/m0/s1. The Balaban J connectivity index is 1.56. The quantitative estimate of drug-likeness (QED) is 0.301. The van der Waals surface area contributed by atoms with E-state index in [1.54, 1.807) is 20.3 Å². The van der Waals surface area contributed by atoms with Gasteiger partial charge in [-0.1, -0.05) is 49.3 Å². The fourth-order valence-electron chi connectivity index (χ4n) is 4.62. The van der Waals surface area contributed by atoms with Gasteiger partial charge in [-0.2, -0.15) is 4.98 Å². The molecule has 0 N–H and O–H groups in total. The highest BCUT2D eigenvalue weighted by Gasteiger charge is 2.30. The smallest absolute Gasteiger partial charge is 0.263 e. The first kappa shape index (κ1) is 24.7. The molecule has 1 atom stereocenters. The minimum absolute atomic E-state index is 0.0925. The molecular weight excluding hydrogens is 472 g/mol. The van der Waals surface area contributed by atoms with Crippen LogP contribution in [0.4, 0.5) is 0 Å². The number of rotatable bonds is 9. The van der Waals surface area contributed by atoms with Crippen molar-refractivity contribution in [3.05, 3.63) is 64.4 Å². The Kier molecular flexibility index (Phi) is 7.05. The van der Waals surface area contributed by atoms with Crippen molar-refractivity contribution in [2.45, 2.75) is 32.7 Å². The number of aromatic nitrogens is 4. The Hall–Kier alpha value is -3.98. The Bertz CT molecular complexity index is 1440. The molecule has 0 saturated carbocycles. The van der Waals surface area contributed by atoms with Crippen molar-refractivity contribution >= 4 is 0 Å². The number of benzene rings is 1. The van der Waals surface area contributed by atoms with Crippen molar-refractivity contribution in [1.29, 1.82) is 0 Å². The van der Waals surface area contributed by atoms with Gasteiger partial charge in [-0.3, -0.25) is 4.79 Å². The van der Waals surface area contributed by atoms with Gasteiger partial charge in [0, 0.05) is 44.0 Å². The molecule has 0 unspecified atom stereocenters. The molecular formula is C28H30N4O5. The molecule has 1 aromatic carbocycles. The van der Waals surface area contributed by atoms with Crippen molar-refractivity contribution in [2.24, 2.45) is 5.92 Å². The van der Waals surface area contributed by atoms with Crippen LogP contribution < -0.4 is 14.9 Å². The van der Waals surface area contributed by atoms with Crippen LogP contribution in [-0.2, 0) is 11.2 Å². The van der Waals surface area contributed by atoms with Gasteiger partial charge in [0.1, 0.15) is 5.56 Å². The third kappa shape index (κ3) is 4.86. The zero-order valence-corrected chi connectivity index (χ0v) is 21.4. The van der Waals surface area contributed by atoms with Crippen molar-refractivity contribution in [1.82, 2.24) is 19.7 Å². The molecule has 1 aliphatic heterocycles. The van der Waals surface area contributed by atoms with E-state index in [1.807, 2.05) is 42.6 Å². The number of ether oxygens (including phenoxy) is 3. The van der Waals surface area contributed by atoms with E-state index in [-0.39, 0.29) is 23.3 Å². The third-order valence-electron chi connectivity index (χ3n) is 6.54. The molecule has 0 fully saturated rings. The molecule has 3 aromatic heterocycles. The number of fused-ring (bicyclic) bond motifs is 3. The summed E-state index contributed by atoms with van der Waals surface area (Å²) in [5, 5.41) is 4.09. The van der Waals surface area contributed by atoms with E-state index in [1.165, 1.54) is 0 Å². The first-order chi connectivity index (χ1) is 18.0. The lowest BCUT2D eigenvalue weighted by Gasteiger charge is -2.33. The summed E-state index contributed by atoms with van der Waals surface area (Å²) >= 11 is 0. The fourth-order valence-corrected chi connectivity index (χ4v) is 4.62. The predicted octanol–water partition coefficient (Wildman–Crippen LogP) is 4.80. The van der Waals surface area contributed by atoms with Crippen molar-refractivity contribution < 1.29 is 18.7 Å². The molecule has 1 aliphatic rings. The second kappa shape index (κ2) is 10.6. The van der Waals surface area contributed by atoms with Crippen molar-refractivity contribution in [2.75, 3.05) is 27.4 Å². The summed E-state index contributed by atoms with van der Waals surface area (Å²) in [7, 11) is 3.23. The van der Waals surface area contributed by atoms with Gasteiger partial charge in [0.15, 0.2) is 11.2 Å². The Labute approximate surface area is 215 Å². The average Bonchev–Trinajstić information content (AvgIpc) is 3.40. The van der Waals surface area contributed by atoms with Crippen LogP contribution in [0.2, 0.25) is 0 Å². The number of methoxy groups -OCH3 is 2. The van der Waals surface area contributed by atoms with Gasteiger partial charge in [-0.15, -0.1) is 0 Å². The first-order valence-electron chi connectivity index (χ1n) is 12.4. The van der Waals surface area contributed by atoms with Crippen LogP contribution in [0, 0.1) is 5.92 Å². The van der Waals surface area contributed by atoms with Gasteiger partial charge in [-0.25, -0.2) is 4.98 Å². The summed E-state index contributed by atoms with van der Waals surface area (Å²) in [6.45, 7) is 5.43. The largest absolute Gasteiger partial charge is 0.488 e. The Morgan fingerprint density at radius 1 is 1.11 bits per heavy atom. The maximum Gasteiger partial charge on any atom is 0.263 e. The molecule has 5 rings (SSSR count). The topological polar surface area (TPSA) is 102 Å². The molecule has 192 valence electrons. The van der Waals surface area contributed by atoms with Gasteiger partial charge in [0.2, 0.25) is 5.82 Å². The minimum Gasteiger partial charge on any atom is -0.488 e. The highest BCUT2D eigenvalue weighted by Crippen LogP contribution is 2.41. The monoisotopic (exact) mass is 502 g/mol. The van der Waals surface area contributed by atoms with Crippen LogP contribution in [0.15, 0.2) is 58.0 Å². The molecule has 9 heteroatoms. The van der Waals surface area contributed by atoms with Crippen LogP contribution >= 0.6 is 0 Å². The fraction of sp³-hybridized carbons (Fsp3) is 0.357. The van der Waals surface area contributed by atoms with Crippen molar-refractivity contribution in [3.8, 4) is 45.9 Å². The highest BCUT2D eigenvalue weighted by molar-refractivity contribution is 5.68. The van der Waals surface area contributed by atoms with E-state index in [4.69, 9.17) is 23.7 Å². The van der Waals surface area contributed by atoms with Gasteiger partial charge >= 0.3 is 0 Å². The third-order valence-corrected chi connectivity index (χ3v) is 6.54. The highest BCUT2D eigenvalue weighted by atomic mass is 16.5. The normalized spacial score (nSPS) is 14.4. The zero-order valence-electron chi connectivity index (χ0n) is 21.4. The van der Waals surface area contributed by atoms with Crippen LogP contribution in [0.5, 0.6) is 11.6 Å². The molecule has 0 spiro atoms. The summed E-state index contributed by atoms with van der Waals surface area (Å²) in [5.74, 6) is 1.89. The van der Waals surface area contributed by atoms with Gasteiger partial charge in [0.25, 0.3) is 11.8 Å². The molecule has 0 bridgehead atoms. The second-order valence-electron chi connectivity index (χ2n) is 9.35. The van der Waals surface area contributed by atoms with Gasteiger partial charge in [0.05, 0.1) is 25.1 Å². The minimum atomic E-state index is -0.217. The maximum absolute atomic E-state index is 13.3. The summed E-state index contributed by atoms with van der Waals surface area (Å²) < 4.78 is 24.2. The lowest BCUT2D eigenvalue weighted by Crippen LogP contribution is -2.27. The van der Waals surface area contributed by atoms with Crippen LogP contribution in [0.3, 0.4) is 0 Å². The maximum atomic E-state index is 13.3. The number of hydrogen-bond acceptors (Lipinski definition) is 8. The average molecular weight is 503 g/mol. The van der Waals surface area contributed by atoms with E-state index in [0.29, 0.717) is 41.9 Å². The summed E-state index contributed by atoms with van der Waals surface area (Å²) in [6.07, 6.45) is 3.30. The Morgan fingerprint density at radius 2 is 1.92 bits per heavy atom. The summed E-state index contributed by atoms with van der Waals surface area (Å²) in [6, 6.07) is 13.2. The number of hydrogen-bond donors (Lipinski definition) is 0. The van der Waals surface area contributed by atoms with Gasteiger partial charge in [-0.05, 0) is 24.0 Å². The van der Waals surface area contributed by atoms with Gasteiger partial charge < -0.3 is 23.3 Å². The summed E-state index contributed by atoms with van der Waals surface area (Å²) in [4.78, 5) is 22.6. The molecule has 0 saturated heterocycles. The van der Waals surface area contributed by atoms with E-state index in [9.17, 15) is 4.79 Å².